The standard InChI is InChI=1S/C22H26/c1-5-12-22(13-6-2)20-14-16(4)8-10-18(20)19-11-9-17(7-3)15-21(19)22/h7-11,14-15H,3,5-6,12-13H2,1-2,4H3. The van der Waals surface area contributed by atoms with E-state index in [4.69, 9.17) is 0 Å². The molecule has 0 fully saturated rings. The van der Waals surface area contributed by atoms with Gasteiger partial charge in [0.1, 0.15) is 0 Å². The summed E-state index contributed by atoms with van der Waals surface area (Å²) < 4.78 is 0. The Hall–Kier alpha value is -1.82. The van der Waals surface area contributed by atoms with Crippen LogP contribution in [-0.4, -0.2) is 0 Å². The molecule has 0 bridgehead atoms. The van der Waals surface area contributed by atoms with E-state index in [0.29, 0.717) is 0 Å². The summed E-state index contributed by atoms with van der Waals surface area (Å²) in [7, 11) is 0. The Balaban J connectivity index is 2.32. The lowest BCUT2D eigenvalue weighted by Gasteiger charge is -2.32. The molecule has 0 saturated heterocycles. The van der Waals surface area contributed by atoms with Crippen LogP contribution >= 0.6 is 0 Å². The van der Waals surface area contributed by atoms with Crippen LogP contribution in [0, 0.1) is 6.92 Å². The van der Waals surface area contributed by atoms with Gasteiger partial charge in [-0.05, 0) is 47.6 Å². The molecule has 0 spiro atoms. The molecule has 114 valence electrons. The van der Waals surface area contributed by atoms with Crippen LogP contribution in [0.4, 0.5) is 0 Å². The van der Waals surface area contributed by atoms with Crippen LogP contribution in [0.2, 0.25) is 0 Å². The van der Waals surface area contributed by atoms with Gasteiger partial charge < -0.3 is 0 Å². The van der Waals surface area contributed by atoms with Gasteiger partial charge in [-0.15, -0.1) is 0 Å². The van der Waals surface area contributed by atoms with Crippen molar-refractivity contribution in [2.75, 3.05) is 0 Å². The first kappa shape index (κ1) is 15.1. The van der Waals surface area contributed by atoms with Crippen molar-refractivity contribution in [2.45, 2.75) is 51.9 Å². The highest BCUT2D eigenvalue weighted by Gasteiger charge is 2.41. The van der Waals surface area contributed by atoms with Crippen LogP contribution in [0.5, 0.6) is 0 Å². The molecule has 0 radical (unpaired) electrons. The minimum Gasteiger partial charge on any atom is -0.0985 e. The van der Waals surface area contributed by atoms with Crippen molar-refractivity contribution in [3.63, 3.8) is 0 Å². The zero-order valence-electron chi connectivity index (χ0n) is 14.1. The number of hydrogen-bond donors (Lipinski definition) is 0. The Morgan fingerprint density at radius 3 is 2.09 bits per heavy atom. The van der Waals surface area contributed by atoms with Crippen LogP contribution in [0.3, 0.4) is 0 Å². The zero-order valence-corrected chi connectivity index (χ0v) is 14.1. The lowest BCUT2D eigenvalue weighted by atomic mass is 9.71. The molecule has 2 aromatic carbocycles. The van der Waals surface area contributed by atoms with E-state index in [0.717, 1.165) is 0 Å². The summed E-state index contributed by atoms with van der Waals surface area (Å²) in [6.07, 6.45) is 6.85. The van der Waals surface area contributed by atoms with Crippen LogP contribution in [0.15, 0.2) is 43.0 Å². The summed E-state index contributed by atoms with van der Waals surface area (Å²) in [4.78, 5) is 0. The van der Waals surface area contributed by atoms with Crippen LogP contribution in [0.25, 0.3) is 17.2 Å². The number of rotatable bonds is 5. The Bertz CT molecular complexity index is 700. The number of hydrogen-bond acceptors (Lipinski definition) is 0. The van der Waals surface area contributed by atoms with E-state index < -0.39 is 0 Å². The fourth-order valence-corrected chi connectivity index (χ4v) is 4.27. The molecule has 1 aliphatic carbocycles. The van der Waals surface area contributed by atoms with Crippen molar-refractivity contribution >= 4 is 6.08 Å². The van der Waals surface area contributed by atoms with Crippen LogP contribution < -0.4 is 0 Å². The van der Waals surface area contributed by atoms with Crippen LogP contribution in [-0.2, 0) is 5.41 Å². The summed E-state index contributed by atoms with van der Waals surface area (Å²) >= 11 is 0. The number of fused-ring (bicyclic) bond motifs is 3. The maximum Gasteiger partial charge on any atom is 0.0215 e. The average molecular weight is 290 g/mol. The molecule has 0 amide bonds. The van der Waals surface area contributed by atoms with E-state index >= 15 is 0 Å². The van der Waals surface area contributed by atoms with E-state index in [1.807, 2.05) is 6.08 Å². The first-order valence-corrected chi connectivity index (χ1v) is 8.54. The Labute approximate surface area is 134 Å². The lowest BCUT2D eigenvalue weighted by Crippen LogP contribution is -2.25. The summed E-state index contributed by atoms with van der Waals surface area (Å²) in [6, 6.07) is 13.9. The van der Waals surface area contributed by atoms with Gasteiger partial charge in [-0.25, -0.2) is 0 Å². The van der Waals surface area contributed by atoms with E-state index in [-0.39, 0.29) is 5.41 Å². The number of benzene rings is 2. The third-order valence-electron chi connectivity index (χ3n) is 5.13. The second kappa shape index (κ2) is 5.76. The molecule has 0 heterocycles. The van der Waals surface area contributed by atoms with E-state index in [1.165, 1.54) is 53.5 Å². The van der Waals surface area contributed by atoms with Crippen molar-refractivity contribution < 1.29 is 0 Å². The molecular formula is C22H26. The highest BCUT2D eigenvalue weighted by molar-refractivity contribution is 5.82. The van der Waals surface area contributed by atoms with Gasteiger partial charge in [0.2, 0.25) is 0 Å². The van der Waals surface area contributed by atoms with E-state index in [2.05, 4.69) is 63.7 Å². The van der Waals surface area contributed by atoms with E-state index in [1.54, 1.807) is 5.56 Å². The van der Waals surface area contributed by atoms with E-state index in [9.17, 15) is 0 Å². The van der Waals surface area contributed by atoms with Gasteiger partial charge in [0.25, 0.3) is 0 Å². The molecule has 3 rings (SSSR count). The second-order valence-electron chi connectivity index (χ2n) is 6.64. The van der Waals surface area contributed by atoms with Gasteiger partial charge >= 0.3 is 0 Å². The van der Waals surface area contributed by atoms with Crippen molar-refractivity contribution in [1.82, 2.24) is 0 Å². The molecule has 0 unspecified atom stereocenters. The third-order valence-corrected chi connectivity index (χ3v) is 5.13. The Kier molecular flexibility index (Phi) is 3.95. The third kappa shape index (κ3) is 2.13. The highest BCUT2D eigenvalue weighted by atomic mass is 14.4. The van der Waals surface area contributed by atoms with Gasteiger partial charge in [0.05, 0.1) is 0 Å². The topological polar surface area (TPSA) is 0 Å². The fraction of sp³-hybridized carbons (Fsp3) is 0.364. The highest BCUT2D eigenvalue weighted by Crippen LogP contribution is 2.54. The maximum atomic E-state index is 3.96. The van der Waals surface area contributed by atoms with Gasteiger partial charge in [0, 0.05) is 5.41 Å². The van der Waals surface area contributed by atoms with Gasteiger partial charge in [-0.3, -0.25) is 0 Å². The Morgan fingerprint density at radius 2 is 1.50 bits per heavy atom. The largest absolute Gasteiger partial charge is 0.0985 e. The fourth-order valence-electron chi connectivity index (χ4n) is 4.27. The predicted octanol–water partition coefficient (Wildman–Crippen LogP) is 6.50. The average Bonchev–Trinajstić information content (AvgIpc) is 2.78. The smallest absolute Gasteiger partial charge is 0.0215 e. The molecule has 0 saturated carbocycles. The quantitative estimate of drug-likeness (QED) is 0.589. The monoisotopic (exact) mass is 290 g/mol. The first-order valence-electron chi connectivity index (χ1n) is 8.54. The van der Waals surface area contributed by atoms with Crippen LogP contribution in [0.1, 0.15) is 61.8 Å². The molecule has 2 aromatic rings. The summed E-state index contributed by atoms with van der Waals surface area (Å²) in [5.74, 6) is 0. The summed E-state index contributed by atoms with van der Waals surface area (Å²) in [5.41, 5.74) is 8.74. The Morgan fingerprint density at radius 1 is 0.909 bits per heavy atom. The predicted molar refractivity (Wildman–Crippen MR) is 97.3 cm³/mol. The van der Waals surface area contributed by atoms with Gasteiger partial charge in [-0.2, -0.15) is 0 Å². The summed E-state index contributed by atoms with van der Waals surface area (Å²) in [6.45, 7) is 10.8. The zero-order chi connectivity index (χ0) is 15.7. The van der Waals surface area contributed by atoms with Crippen molar-refractivity contribution in [2.24, 2.45) is 0 Å². The second-order valence-corrected chi connectivity index (χ2v) is 6.64. The first-order chi connectivity index (χ1) is 10.7. The molecule has 0 nitrogen and oxygen atoms in total. The number of aryl methyl sites for hydroxylation is 1. The van der Waals surface area contributed by atoms with Gasteiger partial charge in [0.15, 0.2) is 0 Å². The molecule has 0 aliphatic heterocycles. The molecular weight excluding hydrogens is 264 g/mol. The SMILES string of the molecule is C=Cc1ccc2c(c1)C(CCC)(CCC)c1cc(C)ccc1-2. The molecule has 0 heteroatoms. The summed E-state index contributed by atoms with van der Waals surface area (Å²) in [5, 5.41) is 0. The van der Waals surface area contributed by atoms with Gasteiger partial charge in [-0.1, -0.05) is 81.3 Å². The minimum absolute atomic E-state index is 0.194. The normalized spacial score (nSPS) is 14.5. The van der Waals surface area contributed by atoms with Crippen molar-refractivity contribution in [3.8, 4) is 11.1 Å². The van der Waals surface area contributed by atoms with Crippen molar-refractivity contribution in [3.05, 3.63) is 65.2 Å². The van der Waals surface area contributed by atoms with Crippen molar-refractivity contribution in [1.29, 1.82) is 0 Å². The maximum absolute atomic E-state index is 3.96. The molecule has 1 aliphatic rings. The molecule has 0 atom stereocenters. The lowest BCUT2D eigenvalue weighted by molar-refractivity contribution is 0.435. The minimum atomic E-state index is 0.194. The molecule has 0 aromatic heterocycles. The molecule has 0 N–H and O–H groups in total. The molecule has 22 heavy (non-hydrogen) atoms.